The van der Waals surface area contributed by atoms with Crippen molar-refractivity contribution >= 4 is 24.3 Å². The van der Waals surface area contributed by atoms with Gasteiger partial charge in [0.1, 0.15) is 6.29 Å². The quantitative estimate of drug-likeness (QED) is 0.213. The maximum atomic E-state index is 12.7. The van der Waals surface area contributed by atoms with Gasteiger partial charge >= 0.3 is 18.0 Å². The molecule has 1 atom stereocenters. The summed E-state index contributed by atoms with van der Waals surface area (Å²) in [5.74, 6) is -1.91. The first-order valence-electron chi connectivity index (χ1n) is 8.25. The van der Waals surface area contributed by atoms with Crippen molar-refractivity contribution in [2.45, 2.75) is 26.7 Å². The Morgan fingerprint density at radius 2 is 1.76 bits per heavy atom. The van der Waals surface area contributed by atoms with Crippen molar-refractivity contribution in [1.82, 2.24) is 4.90 Å². The Morgan fingerprint density at radius 1 is 1.16 bits per heavy atom. The van der Waals surface area contributed by atoms with Crippen LogP contribution in [-0.4, -0.2) is 62.6 Å². The first kappa shape index (κ1) is 20.7. The van der Waals surface area contributed by atoms with Gasteiger partial charge in [-0.3, -0.25) is 14.4 Å². The lowest BCUT2D eigenvalue weighted by Crippen LogP contribution is -2.49. The highest BCUT2D eigenvalue weighted by atomic mass is 16.6. The van der Waals surface area contributed by atoms with Gasteiger partial charge in [-0.2, -0.15) is 0 Å². The first-order valence-corrected chi connectivity index (χ1v) is 8.25. The van der Waals surface area contributed by atoms with Gasteiger partial charge in [0.25, 0.3) is 0 Å². The SMILES string of the molecule is CCOC(=O)C(C/C=C/C=O)(C(=O)OCC)C1CCN(C(=O)OC)C1. The molecular weight excluding hydrogens is 330 g/mol. The molecular formula is C17H25NO7. The van der Waals surface area contributed by atoms with Crippen LogP contribution in [0.4, 0.5) is 4.79 Å². The predicted octanol–water partition coefficient (Wildman–Crippen LogP) is 1.33. The highest BCUT2D eigenvalue weighted by molar-refractivity contribution is 6.01. The Morgan fingerprint density at radius 3 is 2.24 bits per heavy atom. The molecule has 0 aromatic heterocycles. The van der Waals surface area contributed by atoms with E-state index in [0.717, 1.165) is 0 Å². The number of aldehydes is 1. The second kappa shape index (κ2) is 9.80. The first-order chi connectivity index (χ1) is 12.0. The molecule has 0 spiro atoms. The Bertz CT molecular complexity index is 511. The minimum absolute atomic E-state index is 0.0386. The van der Waals surface area contributed by atoms with Crippen molar-refractivity contribution in [1.29, 1.82) is 0 Å². The van der Waals surface area contributed by atoms with E-state index in [1.54, 1.807) is 13.8 Å². The minimum atomic E-state index is -1.60. The molecule has 25 heavy (non-hydrogen) atoms. The Kier molecular flexibility index (Phi) is 8.10. The molecule has 0 bridgehead atoms. The second-order valence-corrected chi connectivity index (χ2v) is 5.58. The van der Waals surface area contributed by atoms with Crippen molar-refractivity contribution < 1.29 is 33.4 Å². The third-order valence-corrected chi connectivity index (χ3v) is 4.25. The smallest absolute Gasteiger partial charge is 0.409 e. The van der Waals surface area contributed by atoms with Crippen molar-refractivity contribution in [3.63, 3.8) is 0 Å². The highest BCUT2D eigenvalue weighted by Gasteiger charge is 2.56. The average Bonchev–Trinajstić information content (AvgIpc) is 3.08. The van der Waals surface area contributed by atoms with Crippen LogP contribution in [-0.2, 0) is 28.6 Å². The molecule has 0 saturated carbocycles. The third kappa shape index (κ3) is 4.58. The maximum Gasteiger partial charge on any atom is 0.409 e. The lowest BCUT2D eigenvalue weighted by Gasteiger charge is -2.33. The normalized spacial score (nSPS) is 17.4. The third-order valence-electron chi connectivity index (χ3n) is 4.25. The van der Waals surface area contributed by atoms with Gasteiger partial charge in [0.2, 0.25) is 0 Å². The molecule has 0 aliphatic carbocycles. The summed E-state index contributed by atoms with van der Waals surface area (Å²) in [6, 6.07) is 0. The second-order valence-electron chi connectivity index (χ2n) is 5.58. The van der Waals surface area contributed by atoms with E-state index in [2.05, 4.69) is 0 Å². The van der Waals surface area contributed by atoms with Gasteiger partial charge < -0.3 is 19.1 Å². The van der Waals surface area contributed by atoms with Crippen molar-refractivity contribution in [3.05, 3.63) is 12.2 Å². The Balaban J connectivity index is 3.24. The monoisotopic (exact) mass is 355 g/mol. The molecule has 0 aromatic carbocycles. The number of carbonyl (C=O) groups excluding carboxylic acids is 4. The molecule has 8 nitrogen and oxygen atoms in total. The molecule has 1 amide bonds. The fourth-order valence-corrected chi connectivity index (χ4v) is 3.04. The number of amides is 1. The Hall–Kier alpha value is -2.38. The zero-order valence-corrected chi connectivity index (χ0v) is 14.9. The van der Waals surface area contributed by atoms with E-state index < -0.39 is 29.4 Å². The topological polar surface area (TPSA) is 99.2 Å². The van der Waals surface area contributed by atoms with Crippen LogP contribution < -0.4 is 0 Å². The average molecular weight is 355 g/mol. The summed E-state index contributed by atoms with van der Waals surface area (Å²) >= 11 is 0. The number of ether oxygens (including phenoxy) is 3. The molecule has 1 rings (SSSR count). The summed E-state index contributed by atoms with van der Waals surface area (Å²) in [4.78, 5) is 49.2. The maximum absolute atomic E-state index is 12.7. The number of nitrogens with zero attached hydrogens (tertiary/aromatic N) is 1. The van der Waals surface area contributed by atoms with Crippen molar-refractivity contribution in [3.8, 4) is 0 Å². The summed E-state index contributed by atoms with van der Waals surface area (Å²) < 4.78 is 15.0. The van der Waals surface area contributed by atoms with E-state index in [-0.39, 0.29) is 26.2 Å². The van der Waals surface area contributed by atoms with E-state index >= 15 is 0 Å². The van der Waals surface area contributed by atoms with Crippen LogP contribution in [0.15, 0.2) is 12.2 Å². The molecule has 0 aromatic rings. The number of rotatable bonds is 8. The van der Waals surface area contributed by atoms with Gasteiger partial charge in [-0.1, -0.05) is 6.08 Å². The number of hydrogen-bond acceptors (Lipinski definition) is 7. The summed E-state index contributed by atoms with van der Waals surface area (Å²) in [5, 5.41) is 0. The van der Waals surface area contributed by atoms with Crippen molar-refractivity contribution in [2.75, 3.05) is 33.4 Å². The molecule has 0 radical (unpaired) electrons. The largest absolute Gasteiger partial charge is 0.465 e. The van der Waals surface area contributed by atoms with Gasteiger partial charge in [-0.05, 0) is 32.8 Å². The number of likely N-dealkylation sites (tertiary alicyclic amines) is 1. The number of esters is 2. The predicted molar refractivity (Wildman–Crippen MR) is 87.6 cm³/mol. The van der Waals surface area contributed by atoms with Gasteiger partial charge in [-0.25, -0.2) is 4.79 Å². The zero-order chi connectivity index (χ0) is 18.9. The summed E-state index contributed by atoms with van der Waals surface area (Å²) in [5.41, 5.74) is -1.60. The standard InChI is InChI=1S/C17H25NO7/c1-4-24-14(20)17(9-6-7-11-19,15(21)25-5-2)13-8-10-18(12-13)16(22)23-3/h6-7,11,13H,4-5,8-10,12H2,1-3H3/b7-6+. The van der Waals surface area contributed by atoms with E-state index in [1.165, 1.54) is 24.2 Å². The van der Waals surface area contributed by atoms with Gasteiger partial charge in [-0.15, -0.1) is 0 Å². The van der Waals surface area contributed by atoms with Crippen LogP contribution in [0, 0.1) is 11.3 Å². The molecule has 140 valence electrons. The molecule has 1 heterocycles. The van der Waals surface area contributed by atoms with Gasteiger partial charge in [0.05, 0.1) is 20.3 Å². The lowest BCUT2D eigenvalue weighted by molar-refractivity contribution is -0.176. The summed E-state index contributed by atoms with van der Waals surface area (Å²) in [6.45, 7) is 4.01. The van der Waals surface area contributed by atoms with Crippen LogP contribution in [0.3, 0.4) is 0 Å². The number of allylic oxidation sites excluding steroid dienone is 2. The molecule has 8 heteroatoms. The van der Waals surface area contributed by atoms with Crippen LogP contribution in [0.2, 0.25) is 0 Å². The van der Waals surface area contributed by atoms with E-state index in [4.69, 9.17) is 14.2 Å². The van der Waals surface area contributed by atoms with Crippen molar-refractivity contribution in [2.24, 2.45) is 11.3 Å². The minimum Gasteiger partial charge on any atom is -0.465 e. The molecule has 1 aliphatic rings. The number of carbonyl (C=O) groups is 4. The zero-order valence-electron chi connectivity index (χ0n) is 14.9. The van der Waals surface area contributed by atoms with E-state index in [9.17, 15) is 19.2 Å². The number of hydrogen-bond donors (Lipinski definition) is 0. The molecule has 1 saturated heterocycles. The molecule has 1 fully saturated rings. The Labute approximate surface area is 147 Å². The summed E-state index contributed by atoms with van der Waals surface area (Å²) in [7, 11) is 1.27. The fraction of sp³-hybridized carbons (Fsp3) is 0.647. The fourth-order valence-electron chi connectivity index (χ4n) is 3.04. The molecule has 0 N–H and O–H groups in total. The van der Waals surface area contributed by atoms with Gasteiger partial charge in [0, 0.05) is 19.0 Å². The summed E-state index contributed by atoms with van der Waals surface area (Å²) in [6.07, 6.45) is 3.09. The highest BCUT2D eigenvalue weighted by Crippen LogP contribution is 2.41. The molecule has 1 aliphatic heterocycles. The van der Waals surface area contributed by atoms with Crippen LogP contribution in [0.5, 0.6) is 0 Å². The molecule has 1 unspecified atom stereocenters. The lowest BCUT2D eigenvalue weighted by atomic mass is 9.72. The van der Waals surface area contributed by atoms with Crippen LogP contribution >= 0.6 is 0 Å². The van der Waals surface area contributed by atoms with Crippen LogP contribution in [0.25, 0.3) is 0 Å². The van der Waals surface area contributed by atoms with Gasteiger partial charge in [0.15, 0.2) is 5.41 Å². The van der Waals surface area contributed by atoms with Crippen LogP contribution in [0.1, 0.15) is 26.7 Å². The van der Waals surface area contributed by atoms with E-state index in [1.807, 2.05) is 0 Å². The number of methoxy groups -OCH3 is 1. The van der Waals surface area contributed by atoms with E-state index in [0.29, 0.717) is 19.3 Å².